The summed E-state index contributed by atoms with van der Waals surface area (Å²) in [7, 11) is 0. The molecule has 6 rings (SSSR count). The molecule has 0 bridgehead atoms. The minimum Gasteiger partial charge on any atom is -0.398 e. The summed E-state index contributed by atoms with van der Waals surface area (Å²) < 4.78 is 16.9. The Morgan fingerprint density at radius 2 is 1.71 bits per heavy atom. The van der Waals surface area contributed by atoms with Gasteiger partial charge >= 0.3 is 0 Å². The lowest BCUT2D eigenvalue weighted by molar-refractivity contribution is 0.536. The van der Waals surface area contributed by atoms with Crippen molar-refractivity contribution in [3.8, 4) is 5.82 Å². The van der Waals surface area contributed by atoms with Crippen LogP contribution in [0.25, 0.3) is 16.6 Å². The van der Waals surface area contributed by atoms with Gasteiger partial charge in [0.15, 0.2) is 5.82 Å². The molecule has 1 aliphatic heterocycles. The molecule has 0 amide bonds. The topological polar surface area (TPSA) is 82.9 Å². The van der Waals surface area contributed by atoms with Crippen molar-refractivity contribution in [2.45, 2.75) is 31.7 Å². The molecule has 2 N–H and O–H groups in total. The third-order valence-corrected chi connectivity index (χ3v) is 6.42. The molecule has 4 aromatic rings. The number of pyridine rings is 1. The van der Waals surface area contributed by atoms with Gasteiger partial charge < -0.3 is 5.73 Å². The number of fused-ring (bicyclic) bond motifs is 5. The van der Waals surface area contributed by atoms with Crippen LogP contribution in [0.5, 0.6) is 0 Å². The van der Waals surface area contributed by atoms with Crippen LogP contribution in [0.1, 0.15) is 41.3 Å². The zero-order valence-corrected chi connectivity index (χ0v) is 16.6. The Balaban J connectivity index is 1.80. The fourth-order valence-corrected chi connectivity index (χ4v) is 5.03. The maximum Gasteiger partial charge on any atom is 0.279 e. The third kappa shape index (κ3) is 2.40. The fraction of sp³-hybridized carbons (Fsp3) is 0.208. The van der Waals surface area contributed by atoms with Gasteiger partial charge in [-0.25, -0.2) is 14.1 Å². The first-order valence-electron chi connectivity index (χ1n) is 10.4. The molecule has 3 heterocycles. The van der Waals surface area contributed by atoms with Crippen LogP contribution < -0.4 is 16.9 Å². The Morgan fingerprint density at radius 3 is 2.48 bits per heavy atom. The standard InChI is InChI=1S/C24H19FN4O2/c25-14-7-5-6-13(12-14)21-19-20(26)17-10-3-4-11-18(17)27-22(19)29-24(31)16-9-2-1-8-15(16)23(30)28(21)29/h1-2,5-9,12,21H,3-4,10-11H2,(H2,26,27). The largest absolute Gasteiger partial charge is 0.398 e. The molecule has 7 heteroatoms. The zero-order chi connectivity index (χ0) is 21.3. The highest BCUT2D eigenvalue weighted by atomic mass is 19.1. The minimum absolute atomic E-state index is 0.321. The van der Waals surface area contributed by atoms with E-state index in [1.165, 1.54) is 21.5 Å². The molecule has 0 saturated carbocycles. The number of nitrogens with zero attached hydrogens (tertiary/aromatic N) is 3. The van der Waals surface area contributed by atoms with Crippen molar-refractivity contribution >= 4 is 16.5 Å². The quantitative estimate of drug-likeness (QED) is 0.457. The summed E-state index contributed by atoms with van der Waals surface area (Å²) in [5, 5.41) is 0.647. The van der Waals surface area contributed by atoms with E-state index in [2.05, 4.69) is 0 Å². The fourth-order valence-electron chi connectivity index (χ4n) is 5.03. The molecule has 1 atom stereocenters. The predicted octanol–water partition coefficient (Wildman–Crippen LogP) is 3.10. The van der Waals surface area contributed by atoms with Gasteiger partial charge in [0.1, 0.15) is 11.9 Å². The van der Waals surface area contributed by atoms with Crippen molar-refractivity contribution in [2.75, 3.05) is 5.73 Å². The highest BCUT2D eigenvalue weighted by Gasteiger charge is 2.38. The predicted molar refractivity (Wildman–Crippen MR) is 116 cm³/mol. The third-order valence-electron chi connectivity index (χ3n) is 6.42. The molecule has 154 valence electrons. The average Bonchev–Trinajstić information content (AvgIpc) is 3.13. The van der Waals surface area contributed by atoms with Crippen LogP contribution in [-0.4, -0.2) is 14.3 Å². The van der Waals surface area contributed by atoms with E-state index in [1.807, 2.05) is 0 Å². The maximum atomic E-state index is 14.2. The number of benzene rings is 2. The number of halogens is 1. The van der Waals surface area contributed by atoms with Crippen LogP contribution in [0.2, 0.25) is 0 Å². The van der Waals surface area contributed by atoms with Crippen molar-refractivity contribution in [1.29, 1.82) is 0 Å². The van der Waals surface area contributed by atoms with E-state index in [0.717, 1.165) is 36.9 Å². The van der Waals surface area contributed by atoms with Crippen molar-refractivity contribution in [2.24, 2.45) is 0 Å². The highest BCUT2D eigenvalue weighted by Crippen LogP contribution is 2.42. The van der Waals surface area contributed by atoms with E-state index in [9.17, 15) is 14.0 Å². The Labute approximate surface area is 176 Å². The normalized spacial score (nSPS) is 16.7. The number of nitrogen functional groups attached to an aromatic ring is 1. The summed E-state index contributed by atoms with van der Waals surface area (Å²) in [6.07, 6.45) is 3.60. The van der Waals surface area contributed by atoms with Gasteiger partial charge in [-0.3, -0.25) is 9.59 Å². The summed E-state index contributed by atoms with van der Waals surface area (Å²) in [6, 6.07) is 12.1. The van der Waals surface area contributed by atoms with Gasteiger partial charge in [0.25, 0.3) is 11.1 Å². The molecule has 0 saturated heterocycles. The lowest BCUT2D eigenvalue weighted by Gasteiger charge is -2.21. The molecule has 0 radical (unpaired) electrons. The van der Waals surface area contributed by atoms with E-state index in [4.69, 9.17) is 10.7 Å². The second kappa shape index (κ2) is 6.38. The summed E-state index contributed by atoms with van der Waals surface area (Å²) in [4.78, 5) is 31.9. The molecule has 2 aliphatic rings. The average molecular weight is 414 g/mol. The van der Waals surface area contributed by atoms with Gasteiger partial charge in [0.2, 0.25) is 0 Å². The summed E-state index contributed by atoms with van der Waals surface area (Å²) in [5.74, 6) is -0.0431. The van der Waals surface area contributed by atoms with E-state index in [1.54, 1.807) is 36.4 Å². The Hall–Kier alpha value is -3.74. The Bertz CT molecular complexity index is 1520. The van der Waals surface area contributed by atoms with Crippen molar-refractivity contribution < 1.29 is 4.39 Å². The van der Waals surface area contributed by atoms with Crippen LogP contribution in [0.4, 0.5) is 10.1 Å². The summed E-state index contributed by atoms with van der Waals surface area (Å²) >= 11 is 0. The van der Waals surface area contributed by atoms with E-state index < -0.39 is 11.9 Å². The van der Waals surface area contributed by atoms with Crippen LogP contribution in [0.15, 0.2) is 58.1 Å². The molecular weight excluding hydrogens is 395 g/mol. The van der Waals surface area contributed by atoms with E-state index >= 15 is 0 Å². The second-order valence-corrected chi connectivity index (χ2v) is 8.16. The molecule has 6 nitrogen and oxygen atoms in total. The number of hydrogen-bond donors (Lipinski definition) is 1. The number of aryl methyl sites for hydroxylation is 1. The van der Waals surface area contributed by atoms with E-state index in [0.29, 0.717) is 33.4 Å². The van der Waals surface area contributed by atoms with Crippen LogP contribution in [0, 0.1) is 5.82 Å². The van der Waals surface area contributed by atoms with Crippen LogP contribution in [-0.2, 0) is 12.8 Å². The summed E-state index contributed by atoms with van der Waals surface area (Å²) in [5.41, 5.74) is 9.54. The molecule has 2 aromatic carbocycles. The van der Waals surface area contributed by atoms with Gasteiger partial charge in [-0.05, 0) is 61.1 Å². The lowest BCUT2D eigenvalue weighted by Crippen LogP contribution is -2.36. The molecule has 1 aliphatic carbocycles. The van der Waals surface area contributed by atoms with Crippen LogP contribution >= 0.6 is 0 Å². The number of rotatable bonds is 1. The molecular formula is C24H19FN4O2. The van der Waals surface area contributed by atoms with Crippen LogP contribution in [0.3, 0.4) is 0 Å². The monoisotopic (exact) mass is 414 g/mol. The van der Waals surface area contributed by atoms with Crippen molar-refractivity contribution in [3.05, 3.63) is 97.4 Å². The molecule has 1 unspecified atom stereocenters. The maximum absolute atomic E-state index is 14.2. The van der Waals surface area contributed by atoms with Gasteiger partial charge in [-0.2, -0.15) is 4.68 Å². The second-order valence-electron chi connectivity index (χ2n) is 8.16. The first-order valence-corrected chi connectivity index (χ1v) is 10.4. The van der Waals surface area contributed by atoms with E-state index in [-0.39, 0.29) is 11.1 Å². The molecule has 31 heavy (non-hydrogen) atoms. The highest BCUT2D eigenvalue weighted by molar-refractivity contribution is 5.81. The smallest absolute Gasteiger partial charge is 0.279 e. The SMILES string of the molecule is Nc1c2c(nc3c1C(c1cccc(F)c1)n1c(=O)c4ccccc4c(=O)n1-3)CCCC2. The number of aromatic nitrogens is 3. The number of nitrogens with two attached hydrogens (primary N) is 1. The van der Waals surface area contributed by atoms with Gasteiger partial charge in [-0.1, -0.05) is 24.3 Å². The Morgan fingerprint density at radius 1 is 0.968 bits per heavy atom. The first-order chi connectivity index (χ1) is 15.1. The molecule has 2 aromatic heterocycles. The number of hydrogen-bond acceptors (Lipinski definition) is 4. The number of anilines is 1. The molecule has 0 fully saturated rings. The zero-order valence-electron chi connectivity index (χ0n) is 16.6. The molecule has 0 spiro atoms. The first kappa shape index (κ1) is 18.1. The van der Waals surface area contributed by atoms with Gasteiger partial charge in [0, 0.05) is 16.9 Å². The van der Waals surface area contributed by atoms with Gasteiger partial charge in [-0.15, -0.1) is 0 Å². The lowest BCUT2D eigenvalue weighted by atomic mass is 9.90. The Kier molecular flexibility index (Phi) is 3.72. The van der Waals surface area contributed by atoms with Gasteiger partial charge in [0.05, 0.1) is 10.8 Å². The van der Waals surface area contributed by atoms with Crippen molar-refractivity contribution in [1.82, 2.24) is 14.3 Å². The van der Waals surface area contributed by atoms with Crippen molar-refractivity contribution in [3.63, 3.8) is 0 Å². The summed E-state index contributed by atoms with van der Waals surface area (Å²) in [6.45, 7) is 0. The minimum atomic E-state index is -0.727.